The molecule has 0 spiro atoms. The lowest BCUT2D eigenvalue weighted by Gasteiger charge is -2.37. The Hall–Kier alpha value is -2.23. The molecule has 2 heterocycles. The number of nitrogens with one attached hydrogen (secondary N) is 1. The van der Waals surface area contributed by atoms with Gasteiger partial charge in [-0.1, -0.05) is 12.1 Å². The van der Waals surface area contributed by atoms with Crippen LogP contribution in [0.1, 0.15) is 5.56 Å². The third kappa shape index (κ3) is 5.63. The van der Waals surface area contributed by atoms with Gasteiger partial charge < -0.3 is 24.6 Å². The first kappa shape index (κ1) is 22.1. The van der Waals surface area contributed by atoms with Crippen LogP contribution in [0.4, 0.5) is 5.69 Å². The molecule has 0 amide bonds. The average Bonchev–Trinajstić information content (AvgIpc) is 2.75. The lowest BCUT2D eigenvalue weighted by Crippen LogP contribution is -2.52. The number of halogens is 1. The van der Waals surface area contributed by atoms with Crippen LogP contribution in [0, 0.1) is 0 Å². The van der Waals surface area contributed by atoms with Gasteiger partial charge in [0.15, 0.2) is 5.96 Å². The number of hydrogen-bond donors (Lipinski definition) is 1. The van der Waals surface area contributed by atoms with Gasteiger partial charge >= 0.3 is 0 Å². The predicted octanol–water partition coefficient (Wildman–Crippen LogP) is 2.61. The molecule has 1 aliphatic rings. The zero-order valence-electron chi connectivity index (χ0n) is 16.6. The number of anilines is 1. The van der Waals surface area contributed by atoms with E-state index < -0.39 is 0 Å². The number of benzene rings is 1. The lowest BCUT2D eigenvalue weighted by atomic mass is 10.2. The lowest BCUT2D eigenvalue weighted by molar-refractivity contribution is 0.371. The second-order valence-corrected chi connectivity index (χ2v) is 6.29. The number of piperazine rings is 1. The maximum Gasteiger partial charge on any atom is 0.212 e. The Balaban J connectivity index is 0.00000280. The van der Waals surface area contributed by atoms with Crippen molar-refractivity contribution in [1.29, 1.82) is 0 Å². The van der Waals surface area contributed by atoms with Gasteiger partial charge in [0.1, 0.15) is 5.75 Å². The van der Waals surface area contributed by atoms with Gasteiger partial charge in [-0.2, -0.15) is 0 Å². The van der Waals surface area contributed by atoms with Gasteiger partial charge in [-0.25, -0.2) is 4.98 Å². The molecule has 0 radical (unpaired) electrons. The second-order valence-electron chi connectivity index (χ2n) is 6.29. The quantitative estimate of drug-likeness (QED) is 0.390. The number of hydrogen-bond acceptors (Lipinski definition) is 5. The van der Waals surface area contributed by atoms with E-state index in [4.69, 9.17) is 9.47 Å². The summed E-state index contributed by atoms with van der Waals surface area (Å²) < 4.78 is 10.4. The van der Waals surface area contributed by atoms with Crippen LogP contribution in [0.15, 0.2) is 47.6 Å². The van der Waals surface area contributed by atoms with Crippen LogP contribution >= 0.6 is 24.0 Å². The molecule has 7 nitrogen and oxygen atoms in total. The molecule has 1 aromatic heterocycles. The molecule has 1 aliphatic heterocycles. The van der Waals surface area contributed by atoms with Crippen molar-refractivity contribution in [2.75, 3.05) is 52.3 Å². The standard InChI is InChI=1S/C20H27N5O2.HI/c1-21-20(23-15-16-7-8-19(27-3)22-14-16)25-11-9-24(10-12-25)17-5-4-6-18(13-17)26-2;/h4-8,13-14H,9-12,15H2,1-3H3,(H,21,23);1H. The smallest absolute Gasteiger partial charge is 0.212 e. The van der Waals surface area contributed by atoms with E-state index in [0.29, 0.717) is 12.4 Å². The van der Waals surface area contributed by atoms with Crippen molar-refractivity contribution in [1.82, 2.24) is 15.2 Å². The van der Waals surface area contributed by atoms with Gasteiger partial charge in [-0.3, -0.25) is 4.99 Å². The summed E-state index contributed by atoms with van der Waals surface area (Å²) >= 11 is 0. The Morgan fingerprint density at radius 3 is 2.50 bits per heavy atom. The normalized spacial score (nSPS) is 14.3. The number of ether oxygens (including phenoxy) is 2. The molecule has 0 aliphatic carbocycles. The van der Waals surface area contributed by atoms with E-state index in [2.05, 4.69) is 37.2 Å². The minimum absolute atomic E-state index is 0. The van der Waals surface area contributed by atoms with Gasteiger partial charge in [0, 0.05) is 63.8 Å². The molecular formula is C20H28IN5O2. The fraction of sp³-hybridized carbons (Fsp3) is 0.400. The van der Waals surface area contributed by atoms with E-state index in [1.165, 1.54) is 5.69 Å². The number of guanidine groups is 1. The first-order valence-electron chi connectivity index (χ1n) is 9.07. The van der Waals surface area contributed by atoms with E-state index in [-0.39, 0.29) is 24.0 Å². The monoisotopic (exact) mass is 497 g/mol. The highest BCUT2D eigenvalue weighted by Gasteiger charge is 2.20. The average molecular weight is 497 g/mol. The van der Waals surface area contributed by atoms with E-state index >= 15 is 0 Å². The summed E-state index contributed by atoms with van der Waals surface area (Å²) in [4.78, 5) is 13.3. The van der Waals surface area contributed by atoms with Crippen molar-refractivity contribution in [2.45, 2.75) is 6.54 Å². The first-order valence-corrected chi connectivity index (χ1v) is 9.07. The second kappa shape index (κ2) is 10.9. The third-order valence-corrected chi connectivity index (χ3v) is 4.67. The molecule has 28 heavy (non-hydrogen) atoms. The molecule has 0 unspecified atom stereocenters. The number of nitrogens with zero attached hydrogens (tertiary/aromatic N) is 4. The minimum atomic E-state index is 0. The highest BCUT2D eigenvalue weighted by atomic mass is 127. The largest absolute Gasteiger partial charge is 0.497 e. The van der Waals surface area contributed by atoms with Crippen LogP contribution in [0.25, 0.3) is 0 Å². The highest BCUT2D eigenvalue weighted by molar-refractivity contribution is 14.0. The molecule has 0 saturated carbocycles. The van der Waals surface area contributed by atoms with Crippen LogP contribution in [0.2, 0.25) is 0 Å². The van der Waals surface area contributed by atoms with Crippen molar-refractivity contribution in [3.63, 3.8) is 0 Å². The van der Waals surface area contributed by atoms with Gasteiger partial charge in [0.05, 0.1) is 14.2 Å². The SMILES string of the molecule is CN=C(NCc1ccc(OC)nc1)N1CCN(c2cccc(OC)c2)CC1.I. The third-order valence-electron chi connectivity index (χ3n) is 4.67. The number of aliphatic imine (C=N–C) groups is 1. The Bertz CT molecular complexity index is 761. The van der Waals surface area contributed by atoms with Gasteiger partial charge in [-0.05, 0) is 17.7 Å². The fourth-order valence-electron chi connectivity index (χ4n) is 3.13. The van der Waals surface area contributed by atoms with Gasteiger partial charge in [0.25, 0.3) is 0 Å². The number of rotatable bonds is 5. The maximum atomic E-state index is 5.33. The fourth-order valence-corrected chi connectivity index (χ4v) is 3.13. The van der Waals surface area contributed by atoms with Crippen LogP contribution in [-0.2, 0) is 6.54 Å². The van der Waals surface area contributed by atoms with Crippen molar-refractivity contribution >= 4 is 35.6 Å². The Morgan fingerprint density at radius 2 is 1.89 bits per heavy atom. The van der Waals surface area contributed by atoms with Gasteiger partial charge in [0.2, 0.25) is 5.88 Å². The summed E-state index contributed by atoms with van der Waals surface area (Å²) in [5, 5.41) is 3.42. The number of methoxy groups -OCH3 is 2. The van der Waals surface area contributed by atoms with E-state index in [0.717, 1.165) is 43.5 Å². The molecule has 1 aromatic carbocycles. The summed E-state index contributed by atoms with van der Waals surface area (Å²) in [6.45, 7) is 4.39. The minimum Gasteiger partial charge on any atom is -0.497 e. The van der Waals surface area contributed by atoms with Crippen LogP contribution in [0.5, 0.6) is 11.6 Å². The predicted molar refractivity (Wildman–Crippen MR) is 123 cm³/mol. The molecule has 8 heteroatoms. The molecule has 1 fully saturated rings. The van der Waals surface area contributed by atoms with Crippen molar-refractivity contribution in [3.8, 4) is 11.6 Å². The molecule has 1 saturated heterocycles. The Kier molecular flexibility index (Phi) is 8.62. The molecule has 1 N–H and O–H groups in total. The topological polar surface area (TPSA) is 62.2 Å². The van der Waals surface area contributed by atoms with E-state index in [1.807, 2.05) is 37.5 Å². The summed E-state index contributed by atoms with van der Waals surface area (Å²) in [6, 6.07) is 12.1. The summed E-state index contributed by atoms with van der Waals surface area (Å²) in [6.07, 6.45) is 1.82. The molecule has 0 atom stereocenters. The molecule has 152 valence electrons. The summed E-state index contributed by atoms with van der Waals surface area (Å²) in [7, 11) is 5.14. The molecule has 2 aromatic rings. The first-order chi connectivity index (χ1) is 13.2. The zero-order chi connectivity index (χ0) is 19.1. The van der Waals surface area contributed by atoms with Crippen LogP contribution < -0.4 is 19.7 Å². The van der Waals surface area contributed by atoms with Crippen molar-refractivity contribution in [3.05, 3.63) is 48.2 Å². The van der Waals surface area contributed by atoms with Crippen molar-refractivity contribution < 1.29 is 9.47 Å². The van der Waals surface area contributed by atoms with Crippen LogP contribution in [-0.4, -0.2) is 63.3 Å². The molecule has 3 rings (SSSR count). The number of pyridine rings is 1. The van der Waals surface area contributed by atoms with E-state index in [1.54, 1.807) is 14.2 Å². The summed E-state index contributed by atoms with van der Waals surface area (Å²) in [5.41, 5.74) is 2.29. The summed E-state index contributed by atoms with van der Waals surface area (Å²) in [5.74, 6) is 2.42. The van der Waals surface area contributed by atoms with E-state index in [9.17, 15) is 0 Å². The van der Waals surface area contributed by atoms with Crippen LogP contribution in [0.3, 0.4) is 0 Å². The zero-order valence-corrected chi connectivity index (χ0v) is 18.9. The maximum absolute atomic E-state index is 5.33. The highest BCUT2D eigenvalue weighted by Crippen LogP contribution is 2.22. The van der Waals surface area contributed by atoms with Gasteiger partial charge in [-0.15, -0.1) is 24.0 Å². The Labute approximate surface area is 183 Å². The van der Waals surface area contributed by atoms with Crippen molar-refractivity contribution in [2.24, 2.45) is 4.99 Å². The molecular weight excluding hydrogens is 469 g/mol. The molecule has 0 bridgehead atoms. The number of aromatic nitrogens is 1. The Morgan fingerprint density at radius 1 is 1.11 bits per heavy atom.